The van der Waals surface area contributed by atoms with E-state index in [9.17, 15) is 9.18 Å². The van der Waals surface area contributed by atoms with E-state index in [0.29, 0.717) is 13.2 Å². The Morgan fingerprint density at radius 2 is 1.93 bits per heavy atom. The van der Waals surface area contributed by atoms with Crippen molar-refractivity contribution in [1.82, 2.24) is 5.32 Å². The second-order valence-corrected chi connectivity index (χ2v) is 7.81. The van der Waals surface area contributed by atoms with Crippen LogP contribution in [0.1, 0.15) is 48.9 Å². The van der Waals surface area contributed by atoms with Crippen LogP contribution in [0.4, 0.5) is 4.39 Å². The highest BCUT2D eigenvalue weighted by atomic mass is 19.1. The third-order valence-electron chi connectivity index (χ3n) is 5.36. The summed E-state index contributed by atoms with van der Waals surface area (Å²) in [6.07, 6.45) is 4.27. The number of nitrogens with one attached hydrogen (secondary N) is 1. The minimum atomic E-state index is -0.344. The van der Waals surface area contributed by atoms with Gasteiger partial charge in [0.2, 0.25) is 5.91 Å². The van der Waals surface area contributed by atoms with Crippen molar-refractivity contribution in [3.8, 4) is 5.75 Å². The molecule has 3 N–H and O–H groups in total. The smallest absolute Gasteiger partial charge is 0.234 e. The Morgan fingerprint density at radius 1 is 1.18 bits per heavy atom. The first-order valence-electron chi connectivity index (χ1n) is 9.99. The first kappa shape index (κ1) is 20.3. The highest BCUT2D eigenvalue weighted by molar-refractivity contribution is 5.80. The lowest BCUT2D eigenvalue weighted by Crippen LogP contribution is -2.44. The molecule has 28 heavy (non-hydrogen) atoms. The largest absolute Gasteiger partial charge is 0.489 e. The van der Waals surface area contributed by atoms with E-state index in [0.717, 1.165) is 37.0 Å². The van der Waals surface area contributed by atoms with Crippen LogP contribution in [0.2, 0.25) is 0 Å². The maximum atomic E-state index is 13.4. The van der Waals surface area contributed by atoms with Crippen molar-refractivity contribution < 1.29 is 13.9 Å². The summed E-state index contributed by atoms with van der Waals surface area (Å²) in [6, 6.07) is 10.2. The van der Waals surface area contributed by atoms with Crippen molar-refractivity contribution in [2.75, 3.05) is 0 Å². The number of fused-ring (bicyclic) bond motifs is 1. The zero-order valence-corrected chi connectivity index (χ0v) is 16.6. The normalized spacial score (nSPS) is 14.6. The molecule has 2 aromatic carbocycles. The van der Waals surface area contributed by atoms with Gasteiger partial charge >= 0.3 is 0 Å². The van der Waals surface area contributed by atoms with E-state index in [4.69, 9.17) is 10.5 Å². The quantitative estimate of drug-likeness (QED) is 0.726. The molecule has 0 aliphatic heterocycles. The highest BCUT2D eigenvalue weighted by Crippen LogP contribution is 2.33. The van der Waals surface area contributed by atoms with Gasteiger partial charge in [0, 0.05) is 6.54 Å². The third-order valence-corrected chi connectivity index (χ3v) is 5.36. The highest BCUT2D eigenvalue weighted by Gasteiger charge is 2.21. The molecule has 1 amide bonds. The van der Waals surface area contributed by atoms with E-state index < -0.39 is 0 Å². The number of hydrogen-bond acceptors (Lipinski definition) is 3. The molecule has 0 fully saturated rings. The number of benzene rings is 2. The third kappa shape index (κ3) is 4.90. The lowest BCUT2D eigenvalue weighted by molar-refractivity contribution is -0.121. The van der Waals surface area contributed by atoms with Crippen LogP contribution in [0.25, 0.3) is 0 Å². The van der Waals surface area contributed by atoms with Gasteiger partial charge in [-0.2, -0.15) is 0 Å². The predicted molar refractivity (Wildman–Crippen MR) is 108 cm³/mol. The number of primary amides is 1. The predicted octanol–water partition coefficient (Wildman–Crippen LogP) is 3.88. The summed E-state index contributed by atoms with van der Waals surface area (Å²) in [5.41, 5.74) is 10.1. The summed E-state index contributed by atoms with van der Waals surface area (Å²) in [6.45, 7) is 4.93. The number of ether oxygens (including phenoxy) is 1. The van der Waals surface area contributed by atoms with Crippen LogP contribution in [0.5, 0.6) is 5.75 Å². The second kappa shape index (κ2) is 9.20. The molecular weight excluding hydrogens is 355 g/mol. The summed E-state index contributed by atoms with van der Waals surface area (Å²) in [7, 11) is 0. The molecule has 0 heterocycles. The molecule has 1 aliphatic rings. The van der Waals surface area contributed by atoms with Gasteiger partial charge in [-0.3, -0.25) is 4.79 Å². The van der Waals surface area contributed by atoms with Gasteiger partial charge in [-0.1, -0.05) is 32.0 Å². The molecule has 150 valence electrons. The zero-order valence-electron chi connectivity index (χ0n) is 16.6. The van der Waals surface area contributed by atoms with E-state index in [2.05, 4.69) is 11.4 Å². The standard InChI is InChI=1S/C23H29FN2O2/c1-15(2)22(23(25)27)26-13-17-10-11-21(20-9-4-3-8-19(17)20)28-14-16-6-5-7-18(24)12-16/h5-7,10-12,15,22,26H,3-4,8-9,13-14H2,1-2H3,(H2,25,27)/t22-/m0/s1. The van der Waals surface area contributed by atoms with Crippen molar-refractivity contribution in [2.24, 2.45) is 11.7 Å². The molecule has 0 saturated heterocycles. The van der Waals surface area contributed by atoms with E-state index in [1.165, 1.54) is 28.8 Å². The van der Waals surface area contributed by atoms with Crippen LogP contribution in [0.3, 0.4) is 0 Å². The molecule has 0 radical (unpaired) electrons. The van der Waals surface area contributed by atoms with Crippen molar-refractivity contribution >= 4 is 5.91 Å². The molecule has 0 aromatic heterocycles. The van der Waals surface area contributed by atoms with Gasteiger partial charge in [-0.15, -0.1) is 0 Å². The van der Waals surface area contributed by atoms with Gasteiger partial charge in [0.15, 0.2) is 0 Å². The topological polar surface area (TPSA) is 64.3 Å². The summed E-state index contributed by atoms with van der Waals surface area (Å²) in [4.78, 5) is 11.7. The van der Waals surface area contributed by atoms with Gasteiger partial charge in [0.1, 0.15) is 18.2 Å². The number of carbonyl (C=O) groups excluding carboxylic acids is 1. The number of hydrogen-bond donors (Lipinski definition) is 2. The summed E-state index contributed by atoms with van der Waals surface area (Å²) >= 11 is 0. The van der Waals surface area contributed by atoms with Crippen LogP contribution in [-0.2, 0) is 30.8 Å². The number of rotatable bonds is 8. The minimum absolute atomic E-state index is 0.141. The molecule has 3 rings (SSSR count). The molecule has 4 nitrogen and oxygen atoms in total. The Morgan fingerprint density at radius 3 is 2.61 bits per heavy atom. The monoisotopic (exact) mass is 384 g/mol. The van der Waals surface area contributed by atoms with Gasteiger partial charge in [-0.05, 0) is 72.1 Å². The van der Waals surface area contributed by atoms with Crippen LogP contribution in [-0.4, -0.2) is 11.9 Å². The maximum absolute atomic E-state index is 13.4. The molecule has 0 saturated carbocycles. The van der Waals surface area contributed by atoms with Crippen LogP contribution >= 0.6 is 0 Å². The molecule has 1 aliphatic carbocycles. The molecule has 5 heteroatoms. The first-order chi connectivity index (χ1) is 13.5. The molecule has 0 bridgehead atoms. The maximum Gasteiger partial charge on any atom is 0.234 e. The Bertz CT molecular complexity index is 835. The number of carbonyl (C=O) groups is 1. The van der Waals surface area contributed by atoms with Crippen molar-refractivity contribution in [3.05, 3.63) is 64.5 Å². The SMILES string of the molecule is CC(C)[C@H](NCc1ccc(OCc2cccc(F)c2)c2c1CCCC2)C(N)=O. The van der Waals surface area contributed by atoms with E-state index in [1.807, 2.05) is 26.0 Å². The van der Waals surface area contributed by atoms with Gasteiger partial charge in [-0.25, -0.2) is 4.39 Å². The molecular formula is C23H29FN2O2. The van der Waals surface area contributed by atoms with E-state index in [-0.39, 0.29) is 23.7 Å². The lowest BCUT2D eigenvalue weighted by atomic mass is 9.87. The Hall–Kier alpha value is -2.40. The van der Waals surface area contributed by atoms with Gasteiger partial charge in [0.25, 0.3) is 0 Å². The van der Waals surface area contributed by atoms with Crippen LogP contribution in [0.15, 0.2) is 36.4 Å². The summed E-state index contributed by atoms with van der Waals surface area (Å²) in [5, 5.41) is 3.31. The van der Waals surface area contributed by atoms with Crippen LogP contribution in [0, 0.1) is 11.7 Å². The fraction of sp³-hybridized carbons (Fsp3) is 0.435. The van der Waals surface area contributed by atoms with Gasteiger partial charge < -0.3 is 15.8 Å². The van der Waals surface area contributed by atoms with Crippen molar-refractivity contribution in [3.63, 3.8) is 0 Å². The molecule has 0 unspecified atom stereocenters. The average Bonchev–Trinajstić information content (AvgIpc) is 2.66. The number of halogens is 1. The van der Waals surface area contributed by atoms with Gasteiger partial charge in [0.05, 0.1) is 6.04 Å². The van der Waals surface area contributed by atoms with Crippen LogP contribution < -0.4 is 15.8 Å². The summed E-state index contributed by atoms with van der Waals surface area (Å²) < 4.78 is 19.4. The lowest BCUT2D eigenvalue weighted by Gasteiger charge is -2.25. The average molecular weight is 384 g/mol. The number of nitrogens with two attached hydrogens (primary N) is 1. The minimum Gasteiger partial charge on any atom is -0.489 e. The molecule has 1 atom stereocenters. The summed E-state index contributed by atoms with van der Waals surface area (Å²) in [5.74, 6) is 0.442. The second-order valence-electron chi connectivity index (χ2n) is 7.81. The molecule has 0 spiro atoms. The number of amides is 1. The van der Waals surface area contributed by atoms with E-state index in [1.54, 1.807) is 6.07 Å². The van der Waals surface area contributed by atoms with Crippen molar-refractivity contribution in [2.45, 2.75) is 58.7 Å². The Labute approximate surface area is 166 Å². The van der Waals surface area contributed by atoms with E-state index >= 15 is 0 Å². The zero-order chi connectivity index (χ0) is 20.1. The Kier molecular flexibility index (Phi) is 6.68. The fourth-order valence-corrected chi connectivity index (χ4v) is 3.88. The van der Waals surface area contributed by atoms with Crippen molar-refractivity contribution in [1.29, 1.82) is 0 Å². The Balaban J connectivity index is 1.76. The molecule has 2 aromatic rings. The fourth-order valence-electron chi connectivity index (χ4n) is 3.88. The first-order valence-corrected chi connectivity index (χ1v) is 9.99.